The number of unbranched alkanes of at least 4 members (excludes halogenated alkanes) is 5. The molecule has 1 rings (SSSR count). The van der Waals surface area contributed by atoms with E-state index >= 15 is 0 Å². The predicted molar refractivity (Wildman–Crippen MR) is 81.0 cm³/mol. The fourth-order valence-corrected chi connectivity index (χ4v) is 2.22. The van der Waals surface area contributed by atoms with Crippen LogP contribution in [0.4, 0.5) is 0 Å². The minimum Gasteiger partial charge on any atom is -0.493 e. The van der Waals surface area contributed by atoms with Gasteiger partial charge in [-0.1, -0.05) is 50.6 Å². The zero-order chi connectivity index (χ0) is 14.1. The molecule has 0 saturated heterocycles. The molecule has 3 heteroatoms. The predicted octanol–water partition coefficient (Wildman–Crippen LogP) is 5.13. The number of aliphatic hydroxyl groups is 1. The van der Waals surface area contributed by atoms with Crippen LogP contribution in [0.3, 0.4) is 0 Å². The first-order valence-corrected chi connectivity index (χ1v) is 7.63. The number of hydrogen-bond acceptors (Lipinski definition) is 2. The van der Waals surface area contributed by atoms with Crippen LogP contribution in [0, 0.1) is 0 Å². The molecular formula is C16H25ClO2. The van der Waals surface area contributed by atoms with Crippen molar-refractivity contribution in [1.29, 1.82) is 0 Å². The van der Waals surface area contributed by atoms with Crippen molar-refractivity contribution in [3.8, 4) is 5.75 Å². The van der Waals surface area contributed by atoms with Crippen molar-refractivity contribution in [3.05, 3.63) is 28.8 Å². The molecule has 2 nitrogen and oxygen atoms in total. The van der Waals surface area contributed by atoms with Crippen LogP contribution in [-0.2, 0) is 0 Å². The minimum atomic E-state index is -0.557. The molecular weight excluding hydrogens is 260 g/mol. The summed E-state index contributed by atoms with van der Waals surface area (Å²) in [5.41, 5.74) is 0.762. The molecule has 0 bridgehead atoms. The summed E-state index contributed by atoms with van der Waals surface area (Å²) in [6.45, 7) is 4.65. The maximum absolute atomic E-state index is 9.69. The van der Waals surface area contributed by atoms with Crippen molar-refractivity contribution in [1.82, 2.24) is 0 Å². The van der Waals surface area contributed by atoms with E-state index in [0.29, 0.717) is 11.6 Å². The fraction of sp³-hybridized carbons (Fsp3) is 0.625. The number of benzene rings is 1. The highest BCUT2D eigenvalue weighted by molar-refractivity contribution is 6.30. The first kappa shape index (κ1) is 16.3. The Morgan fingerprint density at radius 2 is 1.84 bits per heavy atom. The average Bonchev–Trinajstić information content (AvgIpc) is 2.39. The van der Waals surface area contributed by atoms with E-state index in [4.69, 9.17) is 16.3 Å². The van der Waals surface area contributed by atoms with Crippen molar-refractivity contribution in [2.24, 2.45) is 0 Å². The molecule has 0 aliphatic heterocycles. The molecule has 0 aromatic heterocycles. The van der Waals surface area contributed by atoms with Gasteiger partial charge in [0.25, 0.3) is 0 Å². The zero-order valence-corrected chi connectivity index (χ0v) is 12.7. The third kappa shape index (κ3) is 6.31. The number of aliphatic hydroxyl groups excluding tert-OH is 1. The molecule has 0 fully saturated rings. The van der Waals surface area contributed by atoms with E-state index in [0.717, 1.165) is 17.7 Å². The summed E-state index contributed by atoms with van der Waals surface area (Å²) in [6.07, 6.45) is 6.91. The topological polar surface area (TPSA) is 29.5 Å². The van der Waals surface area contributed by atoms with E-state index < -0.39 is 6.10 Å². The highest BCUT2D eigenvalue weighted by Gasteiger charge is 2.09. The monoisotopic (exact) mass is 284 g/mol. The van der Waals surface area contributed by atoms with E-state index in [1.54, 1.807) is 19.1 Å². The lowest BCUT2D eigenvalue weighted by Gasteiger charge is -2.13. The van der Waals surface area contributed by atoms with Gasteiger partial charge >= 0.3 is 0 Å². The standard InChI is InChI=1S/C16H25ClO2/c1-3-4-5-6-7-8-11-19-16-10-9-14(17)12-15(16)13(2)18/h9-10,12-13,18H,3-8,11H2,1-2H3. The molecule has 0 aliphatic rings. The summed E-state index contributed by atoms with van der Waals surface area (Å²) in [5.74, 6) is 0.743. The molecule has 0 radical (unpaired) electrons. The molecule has 108 valence electrons. The van der Waals surface area contributed by atoms with Gasteiger partial charge in [-0.05, 0) is 31.5 Å². The number of rotatable bonds is 9. The first-order chi connectivity index (χ1) is 9.15. The number of halogens is 1. The van der Waals surface area contributed by atoms with Gasteiger partial charge in [-0.25, -0.2) is 0 Å². The lowest BCUT2D eigenvalue weighted by atomic mass is 10.1. The Morgan fingerprint density at radius 1 is 1.16 bits per heavy atom. The molecule has 0 spiro atoms. The highest BCUT2D eigenvalue weighted by atomic mass is 35.5. The molecule has 0 amide bonds. The Kier molecular flexibility index (Phi) is 7.92. The van der Waals surface area contributed by atoms with Crippen molar-refractivity contribution in [3.63, 3.8) is 0 Å². The summed E-state index contributed by atoms with van der Waals surface area (Å²) in [6, 6.07) is 5.40. The summed E-state index contributed by atoms with van der Waals surface area (Å²) >= 11 is 5.93. The second-order valence-corrected chi connectivity index (χ2v) is 5.41. The lowest BCUT2D eigenvalue weighted by Crippen LogP contribution is -2.02. The van der Waals surface area contributed by atoms with Crippen LogP contribution in [0.25, 0.3) is 0 Å². The van der Waals surface area contributed by atoms with Crippen molar-refractivity contribution < 1.29 is 9.84 Å². The molecule has 0 heterocycles. The van der Waals surface area contributed by atoms with Gasteiger partial charge in [0.1, 0.15) is 5.75 Å². The Balaban J connectivity index is 2.33. The van der Waals surface area contributed by atoms with Gasteiger partial charge in [0.05, 0.1) is 12.7 Å². The van der Waals surface area contributed by atoms with Crippen LogP contribution >= 0.6 is 11.6 Å². The van der Waals surface area contributed by atoms with E-state index in [-0.39, 0.29) is 0 Å². The second kappa shape index (κ2) is 9.22. The van der Waals surface area contributed by atoms with Crippen LogP contribution in [0.2, 0.25) is 5.02 Å². The quantitative estimate of drug-likeness (QED) is 0.637. The Morgan fingerprint density at radius 3 is 2.53 bits per heavy atom. The molecule has 1 aromatic rings. The molecule has 1 unspecified atom stereocenters. The van der Waals surface area contributed by atoms with Gasteiger partial charge in [-0.2, -0.15) is 0 Å². The number of ether oxygens (including phenoxy) is 1. The van der Waals surface area contributed by atoms with Gasteiger partial charge in [0.2, 0.25) is 0 Å². The van der Waals surface area contributed by atoms with Gasteiger partial charge in [-0.15, -0.1) is 0 Å². The Labute approximate surface area is 121 Å². The van der Waals surface area contributed by atoms with Crippen molar-refractivity contribution in [2.45, 2.75) is 58.5 Å². The Bertz CT molecular complexity index is 364. The van der Waals surface area contributed by atoms with Crippen LogP contribution in [-0.4, -0.2) is 11.7 Å². The average molecular weight is 285 g/mol. The molecule has 19 heavy (non-hydrogen) atoms. The van der Waals surface area contributed by atoms with E-state index in [2.05, 4.69) is 6.92 Å². The minimum absolute atomic E-state index is 0.557. The largest absolute Gasteiger partial charge is 0.493 e. The fourth-order valence-electron chi connectivity index (χ4n) is 2.04. The van der Waals surface area contributed by atoms with Gasteiger partial charge in [-0.3, -0.25) is 0 Å². The van der Waals surface area contributed by atoms with Crippen LogP contribution in [0.15, 0.2) is 18.2 Å². The third-order valence-corrected chi connectivity index (χ3v) is 3.41. The maximum atomic E-state index is 9.69. The number of hydrogen-bond donors (Lipinski definition) is 1. The second-order valence-electron chi connectivity index (χ2n) is 4.97. The first-order valence-electron chi connectivity index (χ1n) is 7.25. The summed E-state index contributed by atoms with van der Waals surface area (Å²) in [4.78, 5) is 0. The molecule has 1 N–H and O–H groups in total. The molecule has 1 atom stereocenters. The van der Waals surface area contributed by atoms with Gasteiger partial charge < -0.3 is 9.84 Å². The SMILES string of the molecule is CCCCCCCCOc1ccc(Cl)cc1C(C)O. The van der Waals surface area contributed by atoms with Gasteiger partial charge in [0.15, 0.2) is 0 Å². The molecule has 1 aromatic carbocycles. The van der Waals surface area contributed by atoms with Crippen molar-refractivity contribution >= 4 is 11.6 Å². The summed E-state index contributed by atoms with van der Waals surface area (Å²) in [7, 11) is 0. The van der Waals surface area contributed by atoms with Crippen LogP contribution in [0.1, 0.15) is 64.0 Å². The van der Waals surface area contributed by atoms with Crippen LogP contribution < -0.4 is 4.74 Å². The zero-order valence-electron chi connectivity index (χ0n) is 12.0. The van der Waals surface area contributed by atoms with Crippen molar-refractivity contribution in [2.75, 3.05) is 6.61 Å². The van der Waals surface area contributed by atoms with Gasteiger partial charge in [0, 0.05) is 10.6 Å². The molecule has 0 aliphatic carbocycles. The van der Waals surface area contributed by atoms with E-state index in [9.17, 15) is 5.11 Å². The van der Waals surface area contributed by atoms with E-state index in [1.165, 1.54) is 32.1 Å². The summed E-state index contributed by atoms with van der Waals surface area (Å²) < 4.78 is 5.74. The maximum Gasteiger partial charge on any atom is 0.125 e. The lowest BCUT2D eigenvalue weighted by molar-refractivity contribution is 0.190. The highest BCUT2D eigenvalue weighted by Crippen LogP contribution is 2.28. The van der Waals surface area contributed by atoms with Crippen LogP contribution in [0.5, 0.6) is 5.75 Å². The normalized spacial score (nSPS) is 12.4. The Hall–Kier alpha value is -0.730. The smallest absolute Gasteiger partial charge is 0.125 e. The summed E-state index contributed by atoms with van der Waals surface area (Å²) in [5, 5.41) is 10.3. The third-order valence-electron chi connectivity index (χ3n) is 3.18. The van der Waals surface area contributed by atoms with E-state index in [1.807, 2.05) is 6.07 Å². The molecule has 0 saturated carbocycles.